The summed E-state index contributed by atoms with van der Waals surface area (Å²) in [5.74, 6) is 0.987. The van der Waals surface area contributed by atoms with Crippen molar-refractivity contribution in [1.82, 2.24) is 15.3 Å². The Morgan fingerprint density at radius 1 is 1.45 bits per heavy atom. The number of rotatable bonds is 5. The van der Waals surface area contributed by atoms with Crippen LogP contribution in [0.15, 0.2) is 12.3 Å². The lowest BCUT2D eigenvalue weighted by molar-refractivity contribution is 0.0905. The van der Waals surface area contributed by atoms with Crippen LogP contribution >= 0.6 is 0 Å². The Labute approximate surface area is 119 Å². The van der Waals surface area contributed by atoms with E-state index in [0.29, 0.717) is 18.2 Å². The second-order valence-corrected chi connectivity index (χ2v) is 6.29. The third-order valence-corrected chi connectivity index (χ3v) is 3.78. The molecule has 0 aromatic carbocycles. The molecule has 0 atom stereocenters. The summed E-state index contributed by atoms with van der Waals surface area (Å²) in [6.07, 6.45) is 6.32. The highest BCUT2D eigenvalue weighted by Gasteiger charge is 2.22. The molecule has 1 saturated carbocycles. The molecule has 2 N–H and O–H groups in total. The summed E-state index contributed by atoms with van der Waals surface area (Å²) < 4.78 is 0. The van der Waals surface area contributed by atoms with E-state index in [1.807, 2.05) is 13.8 Å². The van der Waals surface area contributed by atoms with Crippen molar-refractivity contribution in [2.75, 3.05) is 13.2 Å². The fourth-order valence-electron chi connectivity index (χ4n) is 2.35. The zero-order chi connectivity index (χ0) is 14.6. The average molecular weight is 277 g/mol. The molecule has 5 heteroatoms. The summed E-state index contributed by atoms with van der Waals surface area (Å²) in [6, 6.07) is 1.64. The first-order valence-corrected chi connectivity index (χ1v) is 7.24. The number of amides is 1. The number of hydrogen-bond acceptors (Lipinski definition) is 4. The summed E-state index contributed by atoms with van der Waals surface area (Å²) in [5, 5.41) is 12.0. The largest absolute Gasteiger partial charge is 0.396 e. The highest BCUT2D eigenvalue weighted by molar-refractivity contribution is 5.92. The smallest absolute Gasteiger partial charge is 0.270 e. The summed E-state index contributed by atoms with van der Waals surface area (Å²) in [6.45, 7) is 4.25. The Hall–Kier alpha value is -1.49. The van der Waals surface area contributed by atoms with Gasteiger partial charge in [-0.1, -0.05) is 26.7 Å². The molecule has 1 heterocycles. The first-order chi connectivity index (χ1) is 9.52. The van der Waals surface area contributed by atoms with Crippen LogP contribution in [0.5, 0.6) is 0 Å². The van der Waals surface area contributed by atoms with E-state index in [2.05, 4.69) is 15.3 Å². The molecule has 0 bridgehead atoms. The topological polar surface area (TPSA) is 75.1 Å². The Bertz CT molecular complexity index is 468. The fraction of sp³-hybridized carbons (Fsp3) is 0.667. The van der Waals surface area contributed by atoms with E-state index >= 15 is 0 Å². The van der Waals surface area contributed by atoms with Crippen molar-refractivity contribution in [2.24, 2.45) is 5.41 Å². The van der Waals surface area contributed by atoms with Crippen LogP contribution < -0.4 is 5.32 Å². The minimum absolute atomic E-state index is 0.0321. The predicted octanol–water partition coefficient (Wildman–Crippen LogP) is 1.88. The van der Waals surface area contributed by atoms with Crippen LogP contribution in [0.2, 0.25) is 0 Å². The molecule has 0 saturated heterocycles. The number of aromatic nitrogens is 2. The van der Waals surface area contributed by atoms with Gasteiger partial charge in [-0.25, -0.2) is 9.97 Å². The van der Waals surface area contributed by atoms with Crippen LogP contribution in [-0.4, -0.2) is 34.1 Å². The molecule has 0 unspecified atom stereocenters. The van der Waals surface area contributed by atoms with E-state index in [1.165, 1.54) is 12.8 Å². The van der Waals surface area contributed by atoms with Gasteiger partial charge in [0.25, 0.3) is 5.91 Å². The normalized spacial score (nSPS) is 16.4. The summed E-state index contributed by atoms with van der Waals surface area (Å²) in [5.41, 5.74) is 0.0902. The van der Waals surface area contributed by atoms with Crippen LogP contribution in [0.25, 0.3) is 0 Å². The number of aliphatic hydroxyl groups excluding tert-OH is 1. The number of carbonyl (C=O) groups excluding carboxylic acids is 1. The summed E-state index contributed by atoms with van der Waals surface area (Å²) >= 11 is 0. The van der Waals surface area contributed by atoms with Crippen LogP contribution in [0.1, 0.15) is 61.8 Å². The van der Waals surface area contributed by atoms with Crippen molar-refractivity contribution in [3.8, 4) is 0 Å². The van der Waals surface area contributed by atoms with Gasteiger partial charge in [-0.2, -0.15) is 0 Å². The van der Waals surface area contributed by atoms with Gasteiger partial charge in [-0.3, -0.25) is 4.79 Å². The fourth-order valence-corrected chi connectivity index (χ4v) is 2.35. The van der Waals surface area contributed by atoms with E-state index in [1.54, 1.807) is 12.3 Å². The van der Waals surface area contributed by atoms with E-state index in [0.717, 1.165) is 18.7 Å². The zero-order valence-corrected chi connectivity index (χ0v) is 12.2. The van der Waals surface area contributed by atoms with Crippen LogP contribution in [0.4, 0.5) is 0 Å². The zero-order valence-electron chi connectivity index (χ0n) is 12.2. The third-order valence-electron chi connectivity index (χ3n) is 3.78. The number of aliphatic hydroxyl groups is 1. The van der Waals surface area contributed by atoms with E-state index in [9.17, 15) is 9.90 Å². The van der Waals surface area contributed by atoms with Gasteiger partial charge in [0.15, 0.2) is 0 Å². The van der Waals surface area contributed by atoms with Crippen LogP contribution in [0.3, 0.4) is 0 Å². The first kappa shape index (κ1) is 14.9. The molecular weight excluding hydrogens is 254 g/mol. The molecule has 1 amide bonds. The highest BCUT2D eigenvalue weighted by atomic mass is 16.3. The molecule has 110 valence electrons. The lowest BCUT2D eigenvalue weighted by atomic mass is 9.95. The first-order valence-electron chi connectivity index (χ1n) is 7.24. The molecular formula is C15H23N3O2. The SMILES string of the molecule is CC(C)(CO)CNC(=O)c1ccnc(C2CCCC2)n1. The van der Waals surface area contributed by atoms with Crippen molar-refractivity contribution >= 4 is 5.91 Å². The van der Waals surface area contributed by atoms with Crippen LogP contribution in [-0.2, 0) is 0 Å². The van der Waals surface area contributed by atoms with Crippen molar-refractivity contribution in [3.05, 3.63) is 23.8 Å². The summed E-state index contributed by atoms with van der Waals surface area (Å²) in [4.78, 5) is 20.8. The van der Waals surface area contributed by atoms with Gasteiger partial charge in [-0.05, 0) is 18.9 Å². The third kappa shape index (κ3) is 3.76. The minimum Gasteiger partial charge on any atom is -0.396 e. The Morgan fingerprint density at radius 3 is 2.80 bits per heavy atom. The average Bonchev–Trinajstić information content (AvgIpc) is 2.99. The molecule has 0 aliphatic heterocycles. The molecule has 20 heavy (non-hydrogen) atoms. The number of hydrogen-bond donors (Lipinski definition) is 2. The van der Waals surface area contributed by atoms with Gasteiger partial charge in [0.2, 0.25) is 0 Å². The van der Waals surface area contributed by atoms with E-state index in [4.69, 9.17) is 0 Å². The van der Waals surface area contributed by atoms with Crippen LogP contribution in [0, 0.1) is 5.41 Å². The molecule has 5 nitrogen and oxygen atoms in total. The number of nitrogens with one attached hydrogen (secondary N) is 1. The second kappa shape index (κ2) is 6.31. The molecule has 1 aliphatic rings. The van der Waals surface area contributed by atoms with Gasteiger partial charge in [0.1, 0.15) is 11.5 Å². The van der Waals surface area contributed by atoms with E-state index in [-0.39, 0.29) is 17.9 Å². The van der Waals surface area contributed by atoms with Crippen molar-refractivity contribution in [3.63, 3.8) is 0 Å². The number of nitrogens with zero attached hydrogens (tertiary/aromatic N) is 2. The minimum atomic E-state index is -0.322. The van der Waals surface area contributed by atoms with Gasteiger partial charge in [0.05, 0.1) is 0 Å². The number of carbonyl (C=O) groups is 1. The van der Waals surface area contributed by atoms with Gasteiger partial charge < -0.3 is 10.4 Å². The van der Waals surface area contributed by atoms with E-state index < -0.39 is 0 Å². The Kier molecular flexibility index (Phi) is 4.70. The standard InChI is InChI=1S/C15H23N3O2/c1-15(2,10-19)9-17-14(20)12-7-8-16-13(18-12)11-5-3-4-6-11/h7-8,11,19H,3-6,9-10H2,1-2H3,(H,17,20). The van der Waals surface area contributed by atoms with Gasteiger partial charge in [-0.15, -0.1) is 0 Å². The van der Waals surface area contributed by atoms with Crippen molar-refractivity contribution < 1.29 is 9.90 Å². The molecule has 1 fully saturated rings. The molecule has 0 radical (unpaired) electrons. The quantitative estimate of drug-likeness (QED) is 0.861. The second-order valence-electron chi connectivity index (χ2n) is 6.29. The molecule has 2 rings (SSSR count). The predicted molar refractivity (Wildman–Crippen MR) is 76.4 cm³/mol. The lowest BCUT2D eigenvalue weighted by Gasteiger charge is -2.21. The highest BCUT2D eigenvalue weighted by Crippen LogP contribution is 2.31. The van der Waals surface area contributed by atoms with Gasteiger partial charge >= 0.3 is 0 Å². The molecule has 1 aromatic rings. The maximum Gasteiger partial charge on any atom is 0.270 e. The lowest BCUT2D eigenvalue weighted by Crippen LogP contribution is -2.36. The Morgan fingerprint density at radius 2 is 2.15 bits per heavy atom. The summed E-state index contributed by atoms with van der Waals surface area (Å²) in [7, 11) is 0. The van der Waals surface area contributed by atoms with Crippen molar-refractivity contribution in [1.29, 1.82) is 0 Å². The van der Waals surface area contributed by atoms with Crippen molar-refractivity contribution in [2.45, 2.75) is 45.4 Å². The molecule has 1 aliphatic carbocycles. The maximum atomic E-state index is 12.1. The van der Waals surface area contributed by atoms with Gasteiger partial charge in [0, 0.05) is 30.7 Å². The Balaban J connectivity index is 2.01. The maximum absolute atomic E-state index is 12.1. The molecule has 0 spiro atoms. The monoisotopic (exact) mass is 277 g/mol. The molecule has 1 aromatic heterocycles.